The van der Waals surface area contributed by atoms with Gasteiger partial charge in [-0.3, -0.25) is 9.59 Å². The van der Waals surface area contributed by atoms with Gasteiger partial charge in [0, 0.05) is 58.5 Å². The number of ether oxygens (including phenoxy) is 2. The number of urea groups is 1. The number of rotatable bonds is 12. The average Bonchev–Trinajstić information content (AvgIpc) is 3.15. The van der Waals surface area contributed by atoms with Crippen LogP contribution in [0.25, 0.3) is 0 Å². The van der Waals surface area contributed by atoms with Gasteiger partial charge in [0.2, 0.25) is 11.8 Å². The number of amides is 4. The summed E-state index contributed by atoms with van der Waals surface area (Å²) >= 11 is 13.0. The van der Waals surface area contributed by atoms with Crippen molar-refractivity contribution in [3.63, 3.8) is 0 Å². The summed E-state index contributed by atoms with van der Waals surface area (Å²) in [6.07, 6.45) is 0.00885. The van der Waals surface area contributed by atoms with Crippen molar-refractivity contribution in [3.8, 4) is 5.75 Å². The molecule has 15 heteroatoms. The first kappa shape index (κ1) is 43.0. The van der Waals surface area contributed by atoms with E-state index in [-0.39, 0.29) is 41.7 Å². The lowest BCUT2D eigenvalue weighted by Gasteiger charge is -2.53. The lowest BCUT2D eigenvalue weighted by molar-refractivity contribution is -0.157. The molecule has 2 heterocycles. The molecule has 56 heavy (non-hydrogen) atoms. The number of aromatic carboxylic acids is 1. The van der Waals surface area contributed by atoms with Gasteiger partial charge in [-0.25, -0.2) is 13.8 Å². The zero-order chi connectivity index (χ0) is 40.9. The van der Waals surface area contributed by atoms with E-state index in [0.717, 1.165) is 11.1 Å². The van der Waals surface area contributed by atoms with Crippen LogP contribution in [0.15, 0.2) is 71.1 Å². The number of benzene rings is 3. The van der Waals surface area contributed by atoms with Crippen LogP contribution in [-0.4, -0.2) is 93.4 Å². The number of hydrogen-bond acceptors (Lipinski definition) is 7. The molecule has 0 bridgehead atoms. The molecule has 302 valence electrons. The fourth-order valence-electron chi connectivity index (χ4n) is 7.53. The number of nitrogens with one attached hydrogen (secondary N) is 1. The Balaban J connectivity index is 1.63. The maximum atomic E-state index is 15.4. The molecular formula is C41H50Cl2N4O8S. The molecule has 12 nitrogen and oxygen atoms in total. The van der Waals surface area contributed by atoms with E-state index in [1.54, 1.807) is 43.9 Å². The predicted octanol–water partition coefficient (Wildman–Crippen LogP) is 8.15. The number of halogens is 2. The van der Waals surface area contributed by atoms with Gasteiger partial charge in [-0.05, 0) is 59.9 Å². The second kappa shape index (κ2) is 18.0. The third kappa shape index (κ3) is 9.67. The fraction of sp³-hybridized carbons (Fsp3) is 0.463. The minimum absolute atomic E-state index is 0.0655. The number of piperidine rings is 1. The molecule has 3 aromatic rings. The van der Waals surface area contributed by atoms with E-state index in [0.29, 0.717) is 42.0 Å². The third-order valence-electron chi connectivity index (χ3n) is 10.6. The number of likely N-dealkylation sites (tertiary alicyclic amines) is 1. The molecule has 0 aromatic heterocycles. The number of carbonyl (C=O) groups is 4. The highest BCUT2D eigenvalue weighted by molar-refractivity contribution is 7.94. The number of anilines is 1. The van der Waals surface area contributed by atoms with Gasteiger partial charge in [-0.1, -0.05) is 82.1 Å². The van der Waals surface area contributed by atoms with E-state index in [4.69, 9.17) is 32.7 Å². The van der Waals surface area contributed by atoms with E-state index in [2.05, 4.69) is 9.68 Å². The van der Waals surface area contributed by atoms with E-state index in [1.165, 1.54) is 30.2 Å². The molecule has 5 atom stereocenters. The summed E-state index contributed by atoms with van der Waals surface area (Å²) in [6, 6.07) is 17.0. The molecule has 3 aromatic carbocycles. The summed E-state index contributed by atoms with van der Waals surface area (Å²) < 4.78 is 30.1. The van der Waals surface area contributed by atoms with E-state index < -0.39 is 56.3 Å². The summed E-state index contributed by atoms with van der Waals surface area (Å²) in [7, 11) is -1.93. The van der Waals surface area contributed by atoms with Gasteiger partial charge in [-0.15, -0.1) is 4.36 Å². The molecule has 2 saturated heterocycles. The summed E-state index contributed by atoms with van der Waals surface area (Å²) in [5, 5.41) is 12.9. The van der Waals surface area contributed by atoms with Crippen LogP contribution in [0.4, 0.5) is 10.5 Å². The van der Waals surface area contributed by atoms with E-state index >= 15 is 9.00 Å². The summed E-state index contributed by atoms with van der Waals surface area (Å²) in [5.74, 6) is -2.66. The van der Waals surface area contributed by atoms with Crippen molar-refractivity contribution in [1.29, 1.82) is 0 Å². The zero-order valence-corrected chi connectivity index (χ0v) is 34.8. The number of methoxy groups -OCH3 is 1. The fourth-order valence-corrected chi connectivity index (χ4v) is 9.94. The van der Waals surface area contributed by atoms with Crippen molar-refractivity contribution in [3.05, 3.63) is 93.5 Å². The molecule has 0 spiro atoms. The smallest absolute Gasteiger partial charge is 0.351 e. The first-order chi connectivity index (χ1) is 26.5. The first-order valence-corrected chi connectivity index (χ1v) is 21.1. The van der Waals surface area contributed by atoms with Crippen molar-refractivity contribution in [2.45, 2.75) is 70.7 Å². The van der Waals surface area contributed by atoms with Gasteiger partial charge >= 0.3 is 12.0 Å². The van der Waals surface area contributed by atoms with Gasteiger partial charge in [0.15, 0.2) is 0 Å². The van der Waals surface area contributed by atoms with Crippen LogP contribution in [0.3, 0.4) is 0 Å². The Morgan fingerprint density at radius 2 is 1.68 bits per heavy atom. The molecule has 0 aliphatic carbocycles. The minimum atomic E-state index is -3.27. The van der Waals surface area contributed by atoms with Crippen LogP contribution >= 0.6 is 23.2 Å². The Labute approximate surface area is 339 Å². The summed E-state index contributed by atoms with van der Waals surface area (Å²) in [5.41, 5.74) is 0.568. The first-order valence-electron chi connectivity index (χ1n) is 18.6. The highest BCUT2D eigenvalue weighted by Gasteiger charge is 2.53. The van der Waals surface area contributed by atoms with Crippen LogP contribution in [0.5, 0.6) is 5.75 Å². The SMILES string of the molecule is COc1cc(NC(=O)C[C@@]2(C)C[C@H](c3cccc(Cl)c3)[C@@H](c3ccc(Cl)cc3)N([C@H](CS(=O)(=NC(=O)N3CCOCC3)C(C)C)C(C)C)C2=O)ccc1C(=O)O. The van der Waals surface area contributed by atoms with Gasteiger partial charge in [0.25, 0.3) is 0 Å². The number of carbonyl (C=O) groups excluding carboxylic acids is 3. The Morgan fingerprint density at radius 1 is 1.00 bits per heavy atom. The quantitative estimate of drug-likeness (QED) is 0.186. The van der Waals surface area contributed by atoms with Crippen molar-refractivity contribution >= 4 is 62.4 Å². The highest BCUT2D eigenvalue weighted by Crippen LogP contribution is 2.53. The third-order valence-corrected chi connectivity index (χ3v) is 13.9. The average molecular weight is 830 g/mol. The number of nitrogens with zero attached hydrogens (tertiary/aromatic N) is 3. The van der Waals surface area contributed by atoms with Crippen molar-refractivity contribution in [1.82, 2.24) is 9.80 Å². The number of carboxylic acid groups (broad SMARTS) is 1. The standard InChI is InChI=1S/C41H50Cl2N4O8S/c1-25(2)34(24-56(53,26(3)4)45-40(52)46-16-18-55-19-17-46)47-37(27-10-12-29(42)13-11-27)33(28-8-7-9-30(43)20-28)22-41(5,39(47)51)23-36(48)44-31-14-15-32(38(49)50)35(21-31)54-6/h7-15,20-21,25-26,33-34,37H,16-19,22-24H2,1-6H3,(H,44,48)(H,49,50)/t33-,34-,37-,41-,56?/m1/s1. The number of carboxylic acids is 1. The predicted molar refractivity (Wildman–Crippen MR) is 218 cm³/mol. The minimum Gasteiger partial charge on any atom is -0.496 e. The molecule has 2 aliphatic heterocycles. The zero-order valence-electron chi connectivity index (χ0n) is 32.5. The monoisotopic (exact) mass is 828 g/mol. The number of morpholine rings is 1. The van der Waals surface area contributed by atoms with Gasteiger partial charge in [-0.2, -0.15) is 0 Å². The van der Waals surface area contributed by atoms with Crippen LogP contribution in [0.1, 0.15) is 80.9 Å². The van der Waals surface area contributed by atoms with Crippen molar-refractivity contribution < 1.29 is 38.0 Å². The molecule has 4 amide bonds. The lowest BCUT2D eigenvalue weighted by Crippen LogP contribution is -2.59. The summed E-state index contributed by atoms with van der Waals surface area (Å²) in [4.78, 5) is 57.9. The Kier molecular flexibility index (Phi) is 13.8. The van der Waals surface area contributed by atoms with E-state index in [9.17, 15) is 19.5 Å². The molecule has 2 aliphatic rings. The van der Waals surface area contributed by atoms with Crippen molar-refractivity contribution in [2.75, 3.05) is 44.5 Å². The van der Waals surface area contributed by atoms with Gasteiger partial charge in [0.1, 0.15) is 11.3 Å². The molecule has 0 saturated carbocycles. The van der Waals surface area contributed by atoms with Crippen LogP contribution in [0, 0.1) is 11.3 Å². The maximum absolute atomic E-state index is 15.4. The molecule has 5 rings (SSSR count). The molecule has 2 N–H and O–H groups in total. The molecule has 0 radical (unpaired) electrons. The largest absolute Gasteiger partial charge is 0.496 e. The Morgan fingerprint density at radius 3 is 2.27 bits per heavy atom. The van der Waals surface area contributed by atoms with Crippen molar-refractivity contribution in [2.24, 2.45) is 15.7 Å². The Hall–Kier alpha value is -4.17. The maximum Gasteiger partial charge on any atom is 0.351 e. The van der Waals surface area contributed by atoms with E-state index in [1.807, 2.05) is 44.2 Å². The molecule has 2 fully saturated rings. The Bertz CT molecular complexity index is 2060. The molecular weight excluding hydrogens is 779 g/mol. The summed E-state index contributed by atoms with van der Waals surface area (Å²) in [6.45, 7) is 10.6. The number of hydrogen-bond donors (Lipinski definition) is 2. The second-order valence-electron chi connectivity index (χ2n) is 15.3. The van der Waals surface area contributed by atoms with Gasteiger partial charge in [0.05, 0.1) is 47.3 Å². The topological polar surface area (TPSA) is 155 Å². The van der Waals surface area contributed by atoms with Crippen LogP contribution < -0.4 is 10.1 Å². The van der Waals surface area contributed by atoms with Crippen LogP contribution in [-0.2, 0) is 24.1 Å². The second-order valence-corrected chi connectivity index (χ2v) is 19.0. The normalized spacial score (nSPS) is 21.7. The molecule has 1 unspecified atom stereocenters. The lowest BCUT2D eigenvalue weighted by atomic mass is 9.66. The van der Waals surface area contributed by atoms with Crippen LogP contribution in [0.2, 0.25) is 10.0 Å². The van der Waals surface area contributed by atoms with Gasteiger partial charge < -0.3 is 29.7 Å². The highest BCUT2D eigenvalue weighted by atomic mass is 35.5.